The van der Waals surface area contributed by atoms with Crippen molar-refractivity contribution in [2.75, 3.05) is 32.8 Å². The highest BCUT2D eigenvalue weighted by atomic mass is 35.5. The smallest absolute Gasteiger partial charge is 0.247 e. The van der Waals surface area contributed by atoms with Crippen LogP contribution < -0.4 is 0 Å². The Morgan fingerprint density at radius 3 is 2.76 bits per heavy atom. The Bertz CT molecular complexity index is 1420. The number of imidazole rings is 1. The summed E-state index contributed by atoms with van der Waals surface area (Å²) in [5, 5.41) is 12.0. The minimum atomic E-state index is -0.171. The van der Waals surface area contributed by atoms with E-state index in [1.807, 2.05) is 47.5 Å². The van der Waals surface area contributed by atoms with Crippen LogP contribution in [-0.4, -0.2) is 84.8 Å². The van der Waals surface area contributed by atoms with Gasteiger partial charge in [-0.1, -0.05) is 41.9 Å². The maximum atomic E-state index is 13.7. The van der Waals surface area contributed by atoms with Crippen molar-refractivity contribution in [3.05, 3.63) is 83.5 Å². The Kier molecular flexibility index (Phi) is 7.00. The van der Waals surface area contributed by atoms with Crippen molar-refractivity contribution in [2.45, 2.75) is 18.5 Å². The number of rotatable bonds is 6. The number of carbonyl (C=O) groups excluding carboxylic acids is 1. The first-order chi connectivity index (χ1) is 18.7. The number of carbonyl (C=O) groups is 1. The second-order valence-electron chi connectivity index (χ2n) is 9.38. The first-order valence-corrected chi connectivity index (χ1v) is 13.0. The third-order valence-corrected chi connectivity index (χ3v) is 7.35. The second kappa shape index (κ2) is 10.9. The van der Waals surface area contributed by atoms with Crippen molar-refractivity contribution in [2.24, 2.45) is 0 Å². The average Bonchev–Trinajstić information content (AvgIpc) is 3.74. The number of nitrogens with one attached hydrogen (secondary N) is 1. The minimum Gasteiger partial charge on any atom is -0.379 e. The van der Waals surface area contributed by atoms with Gasteiger partial charge in [0, 0.05) is 42.3 Å². The van der Waals surface area contributed by atoms with Gasteiger partial charge in [0.1, 0.15) is 12.2 Å². The minimum absolute atomic E-state index is 0.0916. The number of benzene rings is 2. The highest BCUT2D eigenvalue weighted by Crippen LogP contribution is 2.35. The van der Waals surface area contributed by atoms with E-state index in [-0.39, 0.29) is 18.0 Å². The highest BCUT2D eigenvalue weighted by Gasteiger charge is 2.40. The molecule has 38 heavy (non-hydrogen) atoms. The SMILES string of the molecule is O=C(C=Cc1cc(Cl)ccc1-n1cnnn1)N1C[C@@H](N2CCOCC2)C[C@H]1c1ncc(-c2ccccc2)[nH]1. The number of aromatic nitrogens is 6. The predicted octanol–water partition coefficient (Wildman–Crippen LogP) is 3.39. The van der Waals surface area contributed by atoms with Crippen molar-refractivity contribution in [1.82, 2.24) is 40.0 Å². The molecular formula is C27H27ClN8O2. The van der Waals surface area contributed by atoms with Gasteiger partial charge >= 0.3 is 0 Å². The number of morpholine rings is 1. The van der Waals surface area contributed by atoms with Gasteiger partial charge in [0.05, 0.1) is 36.8 Å². The fourth-order valence-corrected chi connectivity index (χ4v) is 5.37. The molecule has 2 aliphatic rings. The molecule has 6 rings (SSSR count). The molecule has 0 aliphatic carbocycles. The maximum absolute atomic E-state index is 13.7. The molecule has 2 aromatic carbocycles. The van der Waals surface area contributed by atoms with Gasteiger partial charge in [-0.15, -0.1) is 5.10 Å². The molecule has 2 fully saturated rings. The van der Waals surface area contributed by atoms with Gasteiger partial charge in [-0.3, -0.25) is 9.69 Å². The van der Waals surface area contributed by atoms with Crippen molar-refractivity contribution >= 4 is 23.6 Å². The van der Waals surface area contributed by atoms with E-state index < -0.39 is 0 Å². The van der Waals surface area contributed by atoms with Crippen LogP contribution in [0, 0.1) is 0 Å². The Labute approximate surface area is 224 Å². The summed E-state index contributed by atoms with van der Waals surface area (Å²) in [5.74, 6) is 0.699. The summed E-state index contributed by atoms with van der Waals surface area (Å²) in [6.07, 6.45) is 7.51. The monoisotopic (exact) mass is 530 g/mol. The summed E-state index contributed by atoms with van der Waals surface area (Å²) in [6, 6.07) is 15.5. The number of hydrogen-bond acceptors (Lipinski definition) is 7. The molecule has 2 atom stereocenters. The number of H-pyrrole nitrogens is 1. The number of likely N-dealkylation sites (tertiary alicyclic amines) is 1. The number of halogens is 1. The summed E-state index contributed by atoms with van der Waals surface area (Å²) in [5.41, 5.74) is 3.46. The molecule has 0 unspecified atom stereocenters. The molecule has 0 bridgehead atoms. The summed E-state index contributed by atoms with van der Waals surface area (Å²) in [4.78, 5) is 26.2. The molecule has 1 amide bonds. The van der Waals surface area contributed by atoms with E-state index in [2.05, 4.69) is 25.4 Å². The van der Waals surface area contributed by atoms with E-state index in [9.17, 15) is 4.79 Å². The zero-order chi connectivity index (χ0) is 25.9. The van der Waals surface area contributed by atoms with E-state index in [0.717, 1.165) is 47.8 Å². The Hall–Kier alpha value is -3.86. The number of ether oxygens (including phenoxy) is 1. The van der Waals surface area contributed by atoms with Crippen molar-refractivity contribution in [3.8, 4) is 16.9 Å². The summed E-state index contributed by atoms with van der Waals surface area (Å²) in [7, 11) is 0. The van der Waals surface area contributed by atoms with Gasteiger partial charge in [0.15, 0.2) is 0 Å². The van der Waals surface area contributed by atoms with Crippen LogP contribution in [0.5, 0.6) is 0 Å². The molecule has 10 nitrogen and oxygen atoms in total. The Morgan fingerprint density at radius 2 is 1.97 bits per heavy atom. The molecule has 4 aromatic rings. The summed E-state index contributed by atoms with van der Waals surface area (Å²) in [6.45, 7) is 3.76. The van der Waals surface area contributed by atoms with E-state index in [1.165, 1.54) is 6.33 Å². The van der Waals surface area contributed by atoms with E-state index >= 15 is 0 Å². The number of hydrogen-bond donors (Lipinski definition) is 1. The molecular weight excluding hydrogens is 504 g/mol. The lowest BCUT2D eigenvalue weighted by atomic mass is 10.1. The lowest BCUT2D eigenvalue weighted by Gasteiger charge is -2.31. The van der Waals surface area contributed by atoms with Gasteiger partial charge in [-0.2, -0.15) is 4.68 Å². The standard InChI is InChI=1S/C27H27ClN8O2/c28-21-7-8-24(36-18-30-32-33-36)20(14-21)6-9-26(37)35-17-22(34-10-12-38-13-11-34)15-25(35)27-29-16-23(31-27)19-4-2-1-3-5-19/h1-9,14,16,18,22,25H,10-13,15,17H2,(H,29,31)/t22-,25-/m0/s1. The zero-order valence-corrected chi connectivity index (χ0v) is 21.4. The summed E-state index contributed by atoms with van der Waals surface area (Å²) < 4.78 is 7.10. The van der Waals surface area contributed by atoms with Crippen LogP contribution in [0.1, 0.15) is 23.9 Å². The lowest BCUT2D eigenvalue weighted by molar-refractivity contribution is -0.127. The van der Waals surface area contributed by atoms with E-state index in [1.54, 1.807) is 29.0 Å². The molecule has 0 radical (unpaired) electrons. The van der Waals surface area contributed by atoms with Gasteiger partial charge in [0.2, 0.25) is 5.91 Å². The topological polar surface area (TPSA) is 105 Å². The van der Waals surface area contributed by atoms with Gasteiger partial charge in [-0.05, 0) is 46.7 Å². The molecule has 4 heterocycles. The third kappa shape index (κ3) is 5.10. The average molecular weight is 531 g/mol. The largest absolute Gasteiger partial charge is 0.379 e. The fraction of sp³-hybridized carbons (Fsp3) is 0.296. The lowest BCUT2D eigenvalue weighted by Crippen LogP contribution is -2.45. The van der Waals surface area contributed by atoms with Crippen LogP contribution in [-0.2, 0) is 9.53 Å². The molecule has 2 aromatic heterocycles. The number of amides is 1. The van der Waals surface area contributed by atoms with Crippen LogP contribution in [0.4, 0.5) is 0 Å². The van der Waals surface area contributed by atoms with Gasteiger partial charge in [-0.25, -0.2) is 4.98 Å². The van der Waals surface area contributed by atoms with Crippen LogP contribution in [0.25, 0.3) is 23.0 Å². The quantitative estimate of drug-likeness (QED) is 0.381. The Balaban J connectivity index is 1.28. The van der Waals surface area contributed by atoms with Crippen molar-refractivity contribution in [1.29, 1.82) is 0 Å². The first kappa shape index (κ1) is 24.5. The molecule has 194 valence electrons. The first-order valence-electron chi connectivity index (χ1n) is 12.6. The fourth-order valence-electron chi connectivity index (χ4n) is 5.19. The second-order valence-corrected chi connectivity index (χ2v) is 9.82. The van der Waals surface area contributed by atoms with Gasteiger partial charge in [0.25, 0.3) is 0 Å². The number of nitrogens with zero attached hydrogens (tertiary/aromatic N) is 7. The number of tetrazole rings is 1. The number of aromatic amines is 1. The Morgan fingerprint density at radius 1 is 1.13 bits per heavy atom. The van der Waals surface area contributed by atoms with Crippen molar-refractivity contribution < 1.29 is 9.53 Å². The van der Waals surface area contributed by atoms with Gasteiger partial charge < -0.3 is 14.6 Å². The van der Waals surface area contributed by atoms with Crippen LogP contribution in [0.15, 0.2) is 67.1 Å². The van der Waals surface area contributed by atoms with Crippen molar-refractivity contribution in [3.63, 3.8) is 0 Å². The molecule has 2 saturated heterocycles. The predicted molar refractivity (Wildman–Crippen MR) is 142 cm³/mol. The molecule has 1 N–H and O–H groups in total. The van der Waals surface area contributed by atoms with Crippen LogP contribution >= 0.6 is 11.6 Å². The van der Waals surface area contributed by atoms with E-state index in [0.29, 0.717) is 24.8 Å². The van der Waals surface area contributed by atoms with Crippen LogP contribution in [0.3, 0.4) is 0 Å². The highest BCUT2D eigenvalue weighted by molar-refractivity contribution is 6.30. The normalized spacial score (nSPS) is 20.4. The molecule has 0 saturated carbocycles. The zero-order valence-electron chi connectivity index (χ0n) is 20.7. The van der Waals surface area contributed by atoms with E-state index in [4.69, 9.17) is 21.3 Å². The third-order valence-electron chi connectivity index (χ3n) is 7.11. The van der Waals surface area contributed by atoms with Crippen LogP contribution in [0.2, 0.25) is 5.02 Å². The molecule has 11 heteroatoms. The molecule has 0 spiro atoms. The summed E-state index contributed by atoms with van der Waals surface area (Å²) >= 11 is 6.26. The molecule has 2 aliphatic heterocycles. The maximum Gasteiger partial charge on any atom is 0.247 e.